The maximum Gasteiger partial charge on any atom is 0.407 e. The smallest absolute Gasteiger partial charge is 0.407 e. The molecule has 0 spiro atoms. The second-order valence-electron chi connectivity index (χ2n) is 1.97. The van der Waals surface area contributed by atoms with Crippen LogP contribution in [0.25, 0.3) is 0 Å². The van der Waals surface area contributed by atoms with E-state index < -0.39 is 6.09 Å². The van der Waals surface area contributed by atoms with Gasteiger partial charge in [0.1, 0.15) is 6.61 Å². The lowest BCUT2D eigenvalue weighted by atomic mass is 10.6. The molecule has 0 fully saturated rings. The highest BCUT2D eigenvalue weighted by Gasteiger charge is 2.00. The molecule has 0 saturated heterocycles. The minimum Gasteiger partial charge on any atom is -0.444 e. The van der Waals surface area contributed by atoms with Crippen molar-refractivity contribution in [3.05, 3.63) is 23.5 Å². The zero-order chi connectivity index (χ0) is 8.81. The summed E-state index contributed by atoms with van der Waals surface area (Å²) in [5.41, 5.74) is 1.69. The molecular weight excluding hydrogens is 176 g/mol. The molecule has 1 aromatic rings. The summed E-state index contributed by atoms with van der Waals surface area (Å²) in [4.78, 5) is 15.5. The number of carbonyl (C=O) groups is 1. The van der Waals surface area contributed by atoms with Crippen LogP contribution in [0.3, 0.4) is 0 Å². The largest absolute Gasteiger partial charge is 0.444 e. The molecule has 0 unspecified atom stereocenters. The number of amides is 1. The lowest BCUT2D eigenvalue weighted by molar-refractivity contribution is 0.141. The van der Waals surface area contributed by atoms with Crippen molar-refractivity contribution in [1.82, 2.24) is 10.3 Å². The number of aromatic nitrogens is 1. The SMILES string of the molecule is [CH2]CNC(=O)OCc1cncs1. The minimum absolute atomic E-state index is 0.274. The van der Waals surface area contributed by atoms with Crippen molar-refractivity contribution >= 4 is 17.4 Å². The van der Waals surface area contributed by atoms with Gasteiger partial charge in [-0.3, -0.25) is 4.98 Å². The fraction of sp³-hybridized carbons (Fsp3) is 0.286. The van der Waals surface area contributed by atoms with Crippen LogP contribution in [0.5, 0.6) is 0 Å². The van der Waals surface area contributed by atoms with Crippen LogP contribution >= 0.6 is 11.3 Å². The summed E-state index contributed by atoms with van der Waals surface area (Å²) in [5, 5.41) is 2.42. The predicted octanol–water partition coefficient (Wildman–Crippen LogP) is 1.20. The predicted molar refractivity (Wildman–Crippen MR) is 45.7 cm³/mol. The van der Waals surface area contributed by atoms with Gasteiger partial charge in [-0.05, 0) is 6.92 Å². The Morgan fingerprint density at radius 3 is 3.25 bits per heavy atom. The number of thiazole rings is 1. The Hall–Kier alpha value is -1.10. The highest BCUT2D eigenvalue weighted by atomic mass is 32.1. The topological polar surface area (TPSA) is 51.2 Å². The van der Waals surface area contributed by atoms with E-state index in [1.807, 2.05) is 0 Å². The summed E-state index contributed by atoms with van der Waals surface area (Å²) in [7, 11) is 0. The van der Waals surface area contributed by atoms with Crippen molar-refractivity contribution in [2.45, 2.75) is 6.61 Å². The first-order valence-corrected chi connectivity index (χ1v) is 4.28. The van der Waals surface area contributed by atoms with Gasteiger partial charge in [0.15, 0.2) is 0 Å². The monoisotopic (exact) mass is 185 g/mol. The van der Waals surface area contributed by atoms with E-state index in [4.69, 9.17) is 4.74 Å². The third-order valence-electron chi connectivity index (χ3n) is 1.10. The van der Waals surface area contributed by atoms with Crippen molar-refractivity contribution in [2.24, 2.45) is 0 Å². The number of alkyl carbamates (subject to hydrolysis) is 1. The number of ether oxygens (including phenoxy) is 1. The lowest BCUT2D eigenvalue weighted by Crippen LogP contribution is -2.23. The Morgan fingerprint density at radius 1 is 1.83 bits per heavy atom. The van der Waals surface area contributed by atoms with E-state index in [0.717, 1.165) is 4.88 Å². The zero-order valence-electron chi connectivity index (χ0n) is 6.45. The first kappa shape index (κ1) is 8.99. The Labute approximate surface area is 74.6 Å². The first-order valence-electron chi connectivity index (χ1n) is 3.40. The number of nitrogens with zero attached hydrogens (tertiary/aromatic N) is 1. The van der Waals surface area contributed by atoms with Crippen molar-refractivity contribution in [1.29, 1.82) is 0 Å². The number of carbonyl (C=O) groups excluding carboxylic acids is 1. The molecule has 12 heavy (non-hydrogen) atoms. The molecule has 0 aliphatic rings. The normalized spacial score (nSPS) is 9.42. The third-order valence-corrected chi connectivity index (χ3v) is 1.85. The molecular formula is C7H9N2O2S. The van der Waals surface area contributed by atoms with Crippen LogP contribution in [0, 0.1) is 6.92 Å². The van der Waals surface area contributed by atoms with E-state index >= 15 is 0 Å². The molecule has 5 heteroatoms. The van der Waals surface area contributed by atoms with E-state index in [9.17, 15) is 4.79 Å². The molecule has 0 aliphatic carbocycles. The Morgan fingerprint density at radius 2 is 2.67 bits per heavy atom. The van der Waals surface area contributed by atoms with Gasteiger partial charge < -0.3 is 10.1 Å². The van der Waals surface area contributed by atoms with Gasteiger partial charge in [-0.15, -0.1) is 11.3 Å². The molecule has 1 amide bonds. The standard InChI is InChI=1S/C7H9N2O2S/c1-2-9-7(10)11-4-6-3-8-5-12-6/h3,5H,1-2,4H2,(H,9,10). The fourth-order valence-electron chi connectivity index (χ4n) is 0.603. The van der Waals surface area contributed by atoms with E-state index in [1.165, 1.54) is 11.3 Å². The molecule has 0 aliphatic heterocycles. The Kier molecular flexibility index (Phi) is 3.53. The van der Waals surface area contributed by atoms with Gasteiger partial charge >= 0.3 is 6.09 Å². The maximum absolute atomic E-state index is 10.7. The van der Waals surface area contributed by atoms with Crippen LogP contribution in [0.1, 0.15) is 4.88 Å². The molecule has 4 nitrogen and oxygen atoms in total. The van der Waals surface area contributed by atoms with Crippen LogP contribution in [0.2, 0.25) is 0 Å². The Balaban J connectivity index is 2.22. The number of hydrogen-bond donors (Lipinski definition) is 1. The van der Waals surface area contributed by atoms with Crippen molar-refractivity contribution < 1.29 is 9.53 Å². The summed E-state index contributed by atoms with van der Waals surface area (Å²) in [6.07, 6.45) is 1.22. The van der Waals surface area contributed by atoms with Crippen LogP contribution < -0.4 is 5.32 Å². The molecule has 1 aromatic heterocycles. The van der Waals surface area contributed by atoms with E-state index in [-0.39, 0.29) is 6.61 Å². The summed E-state index contributed by atoms with van der Waals surface area (Å²) in [6, 6.07) is 0. The summed E-state index contributed by atoms with van der Waals surface area (Å²) in [5.74, 6) is 0. The van der Waals surface area contributed by atoms with Gasteiger partial charge in [0.05, 0.1) is 10.4 Å². The van der Waals surface area contributed by atoms with Gasteiger partial charge in [0, 0.05) is 12.7 Å². The maximum atomic E-state index is 10.7. The average Bonchev–Trinajstić information content (AvgIpc) is 2.53. The second-order valence-corrected chi connectivity index (χ2v) is 2.94. The molecule has 1 rings (SSSR count). The van der Waals surface area contributed by atoms with Crippen LogP contribution in [-0.4, -0.2) is 17.6 Å². The van der Waals surface area contributed by atoms with Crippen LogP contribution in [0.4, 0.5) is 4.79 Å². The second kappa shape index (κ2) is 4.71. The van der Waals surface area contributed by atoms with Gasteiger partial charge in [0.2, 0.25) is 0 Å². The molecule has 0 aromatic carbocycles. The summed E-state index contributed by atoms with van der Waals surface area (Å²) >= 11 is 1.45. The highest BCUT2D eigenvalue weighted by Crippen LogP contribution is 2.06. The average molecular weight is 185 g/mol. The molecule has 1 heterocycles. The first-order chi connectivity index (χ1) is 5.83. The molecule has 1 N–H and O–H groups in total. The third kappa shape index (κ3) is 2.87. The number of rotatable bonds is 3. The molecule has 0 saturated carbocycles. The number of hydrogen-bond acceptors (Lipinski definition) is 4. The van der Waals surface area contributed by atoms with Gasteiger partial charge in [-0.25, -0.2) is 4.79 Å². The van der Waals surface area contributed by atoms with Crippen molar-refractivity contribution in [2.75, 3.05) is 6.54 Å². The van der Waals surface area contributed by atoms with E-state index in [1.54, 1.807) is 11.7 Å². The van der Waals surface area contributed by atoms with Gasteiger partial charge in [-0.1, -0.05) is 0 Å². The van der Waals surface area contributed by atoms with E-state index in [2.05, 4.69) is 17.2 Å². The Bertz CT molecular complexity index is 236. The fourth-order valence-corrected chi connectivity index (χ4v) is 1.11. The van der Waals surface area contributed by atoms with Crippen molar-refractivity contribution in [3.8, 4) is 0 Å². The van der Waals surface area contributed by atoms with Crippen LogP contribution in [-0.2, 0) is 11.3 Å². The quantitative estimate of drug-likeness (QED) is 0.769. The minimum atomic E-state index is -0.446. The lowest BCUT2D eigenvalue weighted by Gasteiger charge is -2.01. The van der Waals surface area contributed by atoms with Gasteiger partial charge in [-0.2, -0.15) is 0 Å². The molecule has 1 radical (unpaired) electrons. The van der Waals surface area contributed by atoms with Crippen molar-refractivity contribution in [3.63, 3.8) is 0 Å². The molecule has 65 valence electrons. The highest BCUT2D eigenvalue weighted by molar-refractivity contribution is 7.09. The van der Waals surface area contributed by atoms with Gasteiger partial charge in [0.25, 0.3) is 0 Å². The summed E-state index contributed by atoms with van der Waals surface area (Å²) in [6.45, 7) is 4.06. The van der Waals surface area contributed by atoms with Crippen LogP contribution in [0.15, 0.2) is 11.7 Å². The van der Waals surface area contributed by atoms with E-state index in [0.29, 0.717) is 6.54 Å². The number of nitrogens with one attached hydrogen (secondary N) is 1. The summed E-state index contributed by atoms with van der Waals surface area (Å²) < 4.78 is 4.81. The zero-order valence-corrected chi connectivity index (χ0v) is 7.26. The molecule has 0 bridgehead atoms. The molecule has 0 atom stereocenters.